The molecule has 1 aromatic carbocycles. The minimum absolute atomic E-state index is 0.869. The molecular weight excluding hydrogens is 200 g/mol. The highest BCUT2D eigenvalue weighted by Gasteiger charge is 2.04. The fraction of sp³-hybridized carbons (Fsp3) is 0.308. The predicted molar refractivity (Wildman–Crippen MR) is 67.2 cm³/mol. The lowest BCUT2D eigenvalue weighted by molar-refractivity contribution is 0.415. The Morgan fingerprint density at radius 1 is 1.31 bits per heavy atom. The van der Waals surface area contributed by atoms with Gasteiger partial charge in [0.05, 0.1) is 12.6 Å². The van der Waals surface area contributed by atoms with E-state index in [0.717, 1.165) is 28.9 Å². The summed E-state index contributed by atoms with van der Waals surface area (Å²) in [5, 5.41) is 4.25. The van der Waals surface area contributed by atoms with Crippen LogP contribution in [-0.4, -0.2) is 19.1 Å². The van der Waals surface area contributed by atoms with Gasteiger partial charge in [-0.2, -0.15) is 0 Å². The van der Waals surface area contributed by atoms with E-state index >= 15 is 0 Å². The van der Waals surface area contributed by atoms with Crippen molar-refractivity contribution in [3.63, 3.8) is 0 Å². The Hall–Kier alpha value is -1.77. The molecule has 0 saturated carbocycles. The van der Waals surface area contributed by atoms with Crippen LogP contribution in [0, 0.1) is 0 Å². The van der Waals surface area contributed by atoms with E-state index in [1.165, 1.54) is 5.56 Å². The standard InChI is InChI=1S/C13H16N2O/c1-4-9-7-10-8-11(16-3)5-6-12(10)15-13(9)14-2/h5-8H,4H2,1-3H3,(H,14,15). The number of nitrogens with zero attached hydrogens (tertiary/aromatic N) is 1. The Bertz CT molecular complexity index is 509. The third-order valence-corrected chi connectivity index (χ3v) is 2.72. The van der Waals surface area contributed by atoms with Gasteiger partial charge in [-0.3, -0.25) is 0 Å². The fourth-order valence-corrected chi connectivity index (χ4v) is 1.81. The lowest BCUT2D eigenvalue weighted by Gasteiger charge is -2.09. The number of aryl methyl sites for hydroxylation is 1. The molecule has 84 valence electrons. The molecule has 0 aliphatic carbocycles. The number of pyridine rings is 1. The van der Waals surface area contributed by atoms with E-state index < -0.39 is 0 Å². The maximum atomic E-state index is 5.21. The van der Waals surface area contributed by atoms with Gasteiger partial charge in [0.15, 0.2) is 0 Å². The van der Waals surface area contributed by atoms with Crippen LogP contribution in [0.5, 0.6) is 5.75 Å². The number of hydrogen-bond donors (Lipinski definition) is 1. The minimum Gasteiger partial charge on any atom is -0.497 e. The SMILES string of the molecule is CCc1cc2cc(OC)ccc2nc1NC. The van der Waals surface area contributed by atoms with Crippen LogP contribution in [0.3, 0.4) is 0 Å². The second kappa shape index (κ2) is 4.39. The maximum Gasteiger partial charge on any atom is 0.129 e. The number of rotatable bonds is 3. The molecule has 3 nitrogen and oxygen atoms in total. The molecule has 16 heavy (non-hydrogen) atoms. The summed E-state index contributed by atoms with van der Waals surface area (Å²) in [5.74, 6) is 1.83. The van der Waals surface area contributed by atoms with Gasteiger partial charge in [-0.1, -0.05) is 6.92 Å². The molecule has 0 unspecified atom stereocenters. The zero-order valence-electron chi connectivity index (χ0n) is 9.87. The van der Waals surface area contributed by atoms with Gasteiger partial charge < -0.3 is 10.1 Å². The van der Waals surface area contributed by atoms with Crippen molar-refractivity contribution < 1.29 is 4.74 Å². The average Bonchev–Trinajstić information content (AvgIpc) is 2.36. The van der Waals surface area contributed by atoms with Gasteiger partial charge in [-0.25, -0.2) is 4.98 Å². The third kappa shape index (κ3) is 1.81. The van der Waals surface area contributed by atoms with Gasteiger partial charge in [0, 0.05) is 12.4 Å². The molecule has 1 aromatic heterocycles. The fourth-order valence-electron chi connectivity index (χ4n) is 1.81. The monoisotopic (exact) mass is 216 g/mol. The molecule has 2 rings (SSSR count). The van der Waals surface area contributed by atoms with Crippen molar-refractivity contribution in [3.8, 4) is 5.75 Å². The number of aromatic nitrogens is 1. The van der Waals surface area contributed by atoms with E-state index in [0.29, 0.717) is 0 Å². The van der Waals surface area contributed by atoms with Gasteiger partial charge in [0.1, 0.15) is 11.6 Å². The first-order valence-electron chi connectivity index (χ1n) is 5.44. The van der Waals surface area contributed by atoms with Crippen molar-refractivity contribution in [1.82, 2.24) is 4.98 Å². The van der Waals surface area contributed by atoms with E-state index in [4.69, 9.17) is 4.74 Å². The Morgan fingerprint density at radius 2 is 2.12 bits per heavy atom. The highest BCUT2D eigenvalue weighted by molar-refractivity contribution is 5.83. The van der Waals surface area contributed by atoms with Gasteiger partial charge in [-0.15, -0.1) is 0 Å². The van der Waals surface area contributed by atoms with Crippen LogP contribution in [0.15, 0.2) is 24.3 Å². The zero-order valence-corrected chi connectivity index (χ0v) is 9.87. The van der Waals surface area contributed by atoms with Crippen LogP contribution in [0.2, 0.25) is 0 Å². The van der Waals surface area contributed by atoms with Crippen molar-refractivity contribution in [2.75, 3.05) is 19.5 Å². The summed E-state index contributed by atoms with van der Waals surface area (Å²) in [6, 6.07) is 8.09. The molecule has 0 spiro atoms. The van der Waals surface area contributed by atoms with Crippen molar-refractivity contribution in [3.05, 3.63) is 29.8 Å². The van der Waals surface area contributed by atoms with Crippen LogP contribution in [0.25, 0.3) is 10.9 Å². The summed E-state index contributed by atoms with van der Waals surface area (Å²) in [7, 11) is 3.58. The van der Waals surface area contributed by atoms with Crippen LogP contribution in [0.4, 0.5) is 5.82 Å². The van der Waals surface area contributed by atoms with Gasteiger partial charge >= 0.3 is 0 Å². The summed E-state index contributed by atoms with van der Waals surface area (Å²) < 4.78 is 5.21. The zero-order chi connectivity index (χ0) is 11.5. The van der Waals surface area contributed by atoms with E-state index in [-0.39, 0.29) is 0 Å². The smallest absolute Gasteiger partial charge is 0.129 e. The number of ether oxygens (including phenoxy) is 1. The Kier molecular flexibility index (Phi) is 2.95. The first-order chi connectivity index (χ1) is 7.78. The number of nitrogens with one attached hydrogen (secondary N) is 1. The number of benzene rings is 1. The van der Waals surface area contributed by atoms with Crippen molar-refractivity contribution >= 4 is 16.7 Å². The quantitative estimate of drug-likeness (QED) is 0.856. The maximum absolute atomic E-state index is 5.21. The largest absolute Gasteiger partial charge is 0.497 e. The van der Waals surface area contributed by atoms with Gasteiger partial charge in [-0.05, 0) is 36.2 Å². The second-order valence-corrected chi connectivity index (χ2v) is 3.66. The molecule has 2 aromatic rings. The molecule has 0 saturated heterocycles. The summed E-state index contributed by atoms with van der Waals surface area (Å²) >= 11 is 0. The van der Waals surface area contributed by atoms with E-state index in [1.54, 1.807) is 7.11 Å². The number of anilines is 1. The summed E-state index contributed by atoms with van der Waals surface area (Å²) in [5.41, 5.74) is 2.21. The molecule has 0 fully saturated rings. The molecule has 0 bridgehead atoms. The second-order valence-electron chi connectivity index (χ2n) is 3.66. The van der Waals surface area contributed by atoms with Crippen LogP contribution < -0.4 is 10.1 Å². The molecule has 1 N–H and O–H groups in total. The van der Waals surface area contributed by atoms with Crippen LogP contribution >= 0.6 is 0 Å². The number of methoxy groups -OCH3 is 1. The minimum atomic E-state index is 0.869. The summed E-state index contributed by atoms with van der Waals surface area (Å²) in [6.45, 7) is 2.13. The van der Waals surface area contributed by atoms with E-state index in [9.17, 15) is 0 Å². The van der Waals surface area contributed by atoms with E-state index in [1.807, 2.05) is 25.2 Å². The van der Waals surface area contributed by atoms with E-state index in [2.05, 4.69) is 23.3 Å². The molecule has 0 aliphatic heterocycles. The number of fused-ring (bicyclic) bond motifs is 1. The molecular formula is C13H16N2O. The molecule has 3 heteroatoms. The Labute approximate surface area is 95.5 Å². The van der Waals surface area contributed by atoms with Gasteiger partial charge in [0.2, 0.25) is 0 Å². The Morgan fingerprint density at radius 3 is 2.75 bits per heavy atom. The van der Waals surface area contributed by atoms with Crippen molar-refractivity contribution in [1.29, 1.82) is 0 Å². The average molecular weight is 216 g/mol. The molecule has 1 heterocycles. The highest BCUT2D eigenvalue weighted by atomic mass is 16.5. The van der Waals surface area contributed by atoms with Gasteiger partial charge in [0.25, 0.3) is 0 Å². The third-order valence-electron chi connectivity index (χ3n) is 2.72. The summed E-state index contributed by atoms with van der Waals surface area (Å²) in [4.78, 5) is 4.57. The number of hydrogen-bond acceptors (Lipinski definition) is 3. The first kappa shape index (κ1) is 10.7. The highest BCUT2D eigenvalue weighted by Crippen LogP contribution is 2.24. The first-order valence-corrected chi connectivity index (χ1v) is 5.44. The molecule has 0 atom stereocenters. The Balaban J connectivity index is 2.63. The predicted octanol–water partition coefficient (Wildman–Crippen LogP) is 2.85. The molecule has 0 radical (unpaired) electrons. The van der Waals surface area contributed by atoms with Crippen molar-refractivity contribution in [2.45, 2.75) is 13.3 Å². The van der Waals surface area contributed by atoms with Crippen molar-refractivity contribution in [2.24, 2.45) is 0 Å². The lowest BCUT2D eigenvalue weighted by Crippen LogP contribution is -1.98. The van der Waals surface area contributed by atoms with Crippen LogP contribution in [-0.2, 0) is 6.42 Å². The topological polar surface area (TPSA) is 34.1 Å². The lowest BCUT2D eigenvalue weighted by atomic mass is 10.1. The summed E-state index contributed by atoms with van der Waals surface area (Å²) in [6.07, 6.45) is 0.969. The molecule has 0 aliphatic rings. The molecule has 0 amide bonds. The van der Waals surface area contributed by atoms with Crippen LogP contribution in [0.1, 0.15) is 12.5 Å². The normalized spacial score (nSPS) is 10.4.